The van der Waals surface area contributed by atoms with E-state index < -0.39 is 12.8 Å². The van der Waals surface area contributed by atoms with Gasteiger partial charge in [-0.1, -0.05) is 19.1 Å². The molecule has 0 radical (unpaired) electrons. The summed E-state index contributed by atoms with van der Waals surface area (Å²) in [6.07, 6.45) is -3.36. The van der Waals surface area contributed by atoms with Gasteiger partial charge in [-0.15, -0.1) is 24.0 Å². The number of nitrogens with one attached hydrogen (secondary N) is 2. The van der Waals surface area contributed by atoms with E-state index in [1.807, 2.05) is 6.92 Å². The number of alkyl halides is 3. The number of rotatable bonds is 7. The highest BCUT2D eigenvalue weighted by atomic mass is 127. The molecule has 0 aromatic heterocycles. The van der Waals surface area contributed by atoms with Gasteiger partial charge in [-0.2, -0.15) is 13.2 Å². The molecule has 0 bridgehead atoms. The summed E-state index contributed by atoms with van der Waals surface area (Å²) < 4.78 is 41.1. The lowest BCUT2D eigenvalue weighted by atomic mass is 10.2. The summed E-state index contributed by atoms with van der Waals surface area (Å²) in [6, 6.07) is 6.52. The average Bonchev–Trinajstić information content (AvgIpc) is 2.48. The minimum Gasteiger partial charge on any atom is -0.484 e. The van der Waals surface area contributed by atoms with Gasteiger partial charge in [-0.25, -0.2) is 4.99 Å². The topological polar surface area (TPSA) is 45.7 Å². The summed E-state index contributed by atoms with van der Waals surface area (Å²) in [5.74, 6) is 0.877. The monoisotopic (exact) mass is 445 g/mol. The Balaban J connectivity index is 0.00000484. The SMILES string of the molecule is CCCNC(=NCc1cccc(OCC(F)(F)F)c1)NCC.I. The zero-order valence-electron chi connectivity index (χ0n) is 13.2. The van der Waals surface area contributed by atoms with Crippen LogP contribution in [0.4, 0.5) is 13.2 Å². The lowest BCUT2D eigenvalue weighted by Gasteiger charge is -2.11. The van der Waals surface area contributed by atoms with E-state index in [-0.39, 0.29) is 29.7 Å². The van der Waals surface area contributed by atoms with Gasteiger partial charge in [-0.3, -0.25) is 0 Å². The summed E-state index contributed by atoms with van der Waals surface area (Å²) in [4.78, 5) is 4.39. The van der Waals surface area contributed by atoms with E-state index in [9.17, 15) is 13.2 Å². The Morgan fingerprint density at radius 3 is 2.57 bits per heavy atom. The van der Waals surface area contributed by atoms with Crippen molar-refractivity contribution < 1.29 is 17.9 Å². The van der Waals surface area contributed by atoms with E-state index in [0.29, 0.717) is 12.5 Å². The van der Waals surface area contributed by atoms with E-state index >= 15 is 0 Å². The molecule has 2 N–H and O–H groups in total. The van der Waals surface area contributed by atoms with Crippen LogP contribution in [0.2, 0.25) is 0 Å². The minimum absolute atomic E-state index is 0. The average molecular weight is 445 g/mol. The molecular formula is C15H23F3IN3O. The Bertz CT molecular complexity index is 481. The number of halogens is 4. The zero-order chi connectivity index (χ0) is 16.4. The van der Waals surface area contributed by atoms with E-state index in [2.05, 4.69) is 22.5 Å². The molecule has 0 aliphatic carbocycles. The molecule has 0 unspecified atom stereocenters. The van der Waals surface area contributed by atoms with Crippen LogP contribution in [0.15, 0.2) is 29.3 Å². The van der Waals surface area contributed by atoms with Crippen molar-refractivity contribution in [2.24, 2.45) is 4.99 Å². The second kappa shape index (κ2) is 11.4. The van der Waals surface area contributed by atoms with Crippen molar-refractivity contribution >= 4 is 29.9 Å². The molecule has 8 heteroatoms. The van der Waals surface area contributed by atoms with Gasteiger partial charge < -0.3 is 15.4 Å². The molecule has 0 saturated carbocycles. The van der Waals surface area contributed by atoms with Crippen LogP contribution in [0.1, 0.15) is 25.8 Å². The normalized spacial score (nSPS) is 11.6. The molecule has 1 aromatic carbocycles. The molecule has 4 nitrogen and oxygen atoms in total. The van der Waals surface area contributed by atoms with Gasteiger partial charge in [0, 0.05) is 13.1 Å². The van der Waals surface area contributed by atoms with Gasteiger partial charge in [0.05, 0.1) is 6.54 Å². The Hall–Kier alpha value is -1.19. The van der Waals surface area contributed by atoms with Crippen molar-refractivity contribution in [1.82, 2.24) is 10.6 Å². The fourth-order valence-corrected chi connectivity index (χ4v) is 1.65. The molecule has 0 spiro atoms. The third-order valence-corrected chi connectivity index (χ3v) is 2.61. The second-order valence-electron chi connectivity index (χ2n) is 4.67. The number of ether oxygens (including phenoxy) is 1. The van der Waals surface area contributed by atoms with E-state index in [1.165, 1.54) is 6.07 Å². The van der Waals surface area contributed by atoms with Crippen molar-refractivity contribution in [3.05, 3.63) is 29.8 Å². The molecule has 0 saturated heterocycles. The summed E-state index contributed by atoms with van der Waals surface area (Å²) >= 11 is 0. The highest BCUT2D eigenvalue weighted by Gasteiger charge is 2.28. The first-order valence-corrected chi connectivity index (χ1v) is 7.25. The fourth-order valence-electron chi connectivity index (χ4n) is 1.65. The molecule has 0 heterocycles. The minimum atomic E-state index is -4.34. The Kier molecular flexibility index (Phi) is 10.8. The number of nitrogens with zero attached hydrogens (tertiary/aromatic N) is 1. The highest BCUT2D eigenvalue weighted by molar-refractivity contribution is 14.0. The Morgan fingerprint density at radius 1 is 1.22 bits per heavy atom. The van der Waals surface area contributed by atoms with Crippen molar-refractivity contribution in [3.8, 4) is 5.75 Å². The van der Waals surface area contributed by atoms with Crippen LogP contribution < -0.4 is 15.4 Å². The molecule has 23 heavy (non-hydrogen) atoms. The molecule has 132 valence electrons. The van der Waals surface area contributed by atoms with Gasteiger partial charge in [0.15, 0.2) is 12.6 Å². The molecule has 1 rings (SSSR count). The smallest absolute Gasteiger partial charge is 0.422 e. The van der Waals surface area contributed by atoms with Crippen LogP contribution in [0.25, 0.3) is 0 Å². The van der Waals surface area contributed by atoms with E-state index in [0.717, 1.165) is 25.1 Å². The summed E-state index contributed by atoms with van der Waals surface area (Å²) in [6.45, 7) is 4.64. The third kappa shape index (κ3) is 10.2. The maximum Gasteiger partial charge on any atom is 0.422 e. The third-order valence-electron chi connectivity index (χ3n) is 2.61. The standard InChI is InChI=1S/C15H22F3N3O.HI/c1-3-8-20-14(19-4-2)21-10-12-6-5-7-13(9-12)22-11-15(16,17)18;/h5-7,9H,3-4,8,10-11H2,1-2H3,(H2,19,20,21);1H. The Labute approximate surface area is 151 Å². The van der Waals surface area contributed by atoms with Crippen LogP contribution >= 0.6 is 24.0 Å². The maximum atomic E-state index is 12.1. The molecule has 0 amide bonds. The van der Waals surface area contributed by atoms with E-state index in [1.54, 1.807) is 18.2 Å². The molecule has 0 atom stereocenters. The van der Waals surface area contributed by atoms with Gasteiger partial charge >= 0.3 is 6.18 Å². The summed E-state index contributed by atoms with van der Waals surface area (Å²) in [5, 5.41) is 6.27. The molecule has 1 aromatic rings. The lowest BCUT2D eigenvalue weighted by Crippen LogP contribution is -2.37. The Morgan fingerprint density at radius 2 is 1.96 bits per heavy atom. The predicted octanol–water partition coefficient (Wildman–Crippen LogP) is 3.71. The number of guanidine groups is 1. The van der Waals surface area contributed by atoms with Crippen LogP contribution in [0.3, 0.4) is 0 Å². The van der Waals surface area contributed by atoms with Gasteiger partial charge in [-0.05, 0) is 31.0 Å². The number of benzene rings is 1. The zero-order valence-corrected chi connectivity index (χ0v) is 15.6. The van der Waals surface area contributed by atoms with Gasteiger partial charge in [0.2, 0.25) is 0 Å². The number of hydrogen-bond donors (Lipinski definition) is 2. The first-order valence-electron chi connectivity index (χ1n) is 7.25. The van der Waals surface area contributed by atoms with Crippen LogP contribution in [-0.4, -0.2) is 31.8 Å². The van der Waals surface area contributed by atoms with Crippen LogP contribution in [-0.2, 0) is 6.54 Å². The van der Waals surface area contributed by atoms with Crippen molar-refractivity contribution in [2.75, 3.05) is 19.7 Å². The van der Waals surface area contributed by atoms with Crippen molar-refractivity contribution in [2.45, 2.75) is 33.0 Å². The predicted molar refractivity (Wildman–Crippen MR) is 96.5 cm³/mol. The highest BCUT2D eigenvalue weighted by Crippen LogP contribution is 2.19. The van der Waals surface area contributed by atoms with E-state index in [4.69, 9.17) is 4.74 Å². The quantitative estimate of drug-likeness (QED) is 0.382. The molecular weight excluding hydrogens is 422 g/mol. The maximum absolute atomic E-state index is 12.1. The van der Waals surface area contributed by atoms with Gasteiger partial charge in [0.1, 0.15) is 5.75 Å². The largest absolute Gasteiger partial charge is 0.484 e. The lowest BCUT2D eigenvalue weighted by molar-refractivity contribution is -0.153. The van der Waals surface area contributed by atoms with Crippen LogP contribution in [0, 0.1) is 0 Å². The first kappa shape index (κ1) is 21.8. The first-order chi connectivity index (χ1) is 10.4. The summed E-state index contributed by atoms with van der Waals surface area (Å²) in [7, 11) is 0. The van der Waals surface area contributed by atoms with Crippen molar-refractivity contribution in [3.63, 3.8) is 0 Å². The number of hydrogen-bond acceptors (Lipinski definition) is 2. The number of aliphatic imine (C=N–C) groups is 1. The van der Waals surface area contributed by atoms with Crippen LogP contribution in [0.5, 0.6) is 5.75 Å². The molecule has 0 aliphatic rings. The molecule has 0 aliphatic heterocycles. The van der Waals surface area contributed by atoms with Crippen molar-refractivity contribution in [1.29, 1.82) is 0 Å². The molecule has 0 fully saturated rings. The summed E-state index contributed by atoms with van der Waals surface area (Å²) in [5.41, 5.74) is 0.786. The van der Waals surface area contributed by atoms with Gasteiger partial charge in [0.25, 0.3) is 0 Å². The second-order valence-corrected chi connectivity index (χ2v) is 4.67. The fraction of sp³-hybridized carbons (Fsp3) is 0.533.